The summed E-state index contributed by atoms with van der Waals surface area (Å²) >= 11 is 0. The lowest BCUT2D eigenvalue weighted by Gasteiger charge is -2.18. The highest BCUT2D eigenvalue weighted by molar-refractivity contribution is 7.33. The zero-order chi connectivity index (χ0) is 16.7. The maximum Gasteiger partial charge on any atom is 0.318 e. The zero-order valence-electron chi connectivity index (χ0n) is 12.7. The fraction of sp³-hybridized carbons (Fsp3) is 0.545. The Bertz CT molecular complexity index is 653. The second-order valence-corrected chi connectivity index (χ2v) is 5.48. The van der Waals surface area contributed by atoms with Crippen molar-refractivity contribution in [3.05, 3.63) is 12.7 Å². The first-order valence-corrected chi connectivity index (χ1v) is 7.98. The topological polar surface area (TPSA) is 133 Å². The molecule has 0 radical (unpaired) electrons. The van der Waals surface area contributed by atoms with Crippen LogP contribution < -0.4 is 10.8 Å². The molecule has 2 atom stereocenters. The van der Waals surface area contributed by atoms with E-state index in [1.165, 1.54) is 13.4 Å². The van der Waals surface area contributed by atoms with Gasteiger partial charge in [-0.2, -0.15) is 0 Å². The van der Waals surface area contributed by atoms with Crippen LogP contribution in [-0.4, -0.2) is 58.6 Å². The van der Waals surface area contributed by atoms with Gasteiger partial charge < -0.3 is 24.3 Å². The average Bonchev–Trinajstić information content (AvgIpc) is 3.01. The van der Waals surface area contributed by atoms with Crippen LogP contribution in [-0.2, 0) is 18.3 Å². The highest BCUT2D eigenvalue weighted by Gasteiger charge is 2.17. The SMILES string of the molecule is CNc1ncnc2c1ncn2[C@@H](CNO)OCCO[PH](=O)OC. The third kappa shape index (κ3) is 4.44. The van der Waals surface area contributed by atoms with Crippen LogP contribution in [0.25, 0.3) is 11.2 Å². The van der Waals surface area contributed by atoms with Gasteiger partial charge in [0.15, 0.2) is 17.7 Å². The standard InChI is InChI=1S/C11H19N6O5P/c1-12-10-9-11(14-6-13-10)17(7-15-9)8(5-16-18)21-3-4-22-23(19)20-2/h6-8,16,18,23H,3-5H2,1-2H3,(H,12,13,14)/t8-/m1/s1. The molecule has 0 saturated heterocycles. The zero-order valence-corrected chi connectivity index (χ0v) is 13.7. The molecule has 2 aromatic heterocycles. The van der Waals surface area contributed by atoms with E-state index in [0.717, 1.165) is 0 Å². The van der Waals surface area contributed by atoms with Gasteiger partial charge in [-0.25, -0.2) is 20.4 Å². The lowest BCUT2D eigenvalue weighted by atomic mass is 10.4. The van der Waals surface area contributed by atoms with Crippen LogP contribution in [0, 0.1) is 0 Å². The van der Waals surface area contributed by atoms with Gasteiger partial charge in [-0.3, -0.25) is 9.13 Å². The van der Waals surface area contributed by atoms with E-state index in [9.17, 15) is 4.57 Å². The normalized spacial score (nSPS) is 14.0. The van der Waals surface area contributed by atoms with E-state index in [2.05, 4.69) is 30.3 Å². The lowest BCUT2D eigenvalue weighted by Crippen LogP contribution is -2.26. The lowest BCUT2D eigenvalue weighted by molar-refractivity contribution is -0.0289. The van der Waals surface area contributed by atoms with E-state index < -0.39 is 14.5 Å². The van der Waals surface area contributed by atoms with Crippen LogP contribution in [0.5, 0.6) is 0 Å². The summed E-state index contributed by atoms with van der Waals surface area (Å²) in [6.07, 6.45) is 2.36. The minimum absolute atomic E-state index is 0.0942. The van der Waals surface area contributed by atoms with Crippen molar-refractivity contribution in [2.24, 2.45) is 0 Å². The number of rotatable bonds is 10. The predicted molar refractivity (Wildman–Crippen MR) is 81.6 cm³/mol. The van der Waals surface area contributed by atoms with Crippen LogP contribution in [0.4, 0.5) is 5.82 Å². The summed E-state index contributed by atoms with van der Waals surface area (Å²) in [6.45, 7) is 0.344. The molecule has 0 amide bonds. The molecule has 12 heteroatoms. The third-order valence-corrected chi connectivity index (χ3v) is 3.73. The maximum atomic E-state index is 11.0. The molecule has 2 aromatic rings. The van der Waals surface area contributed by atoms with Gasteiger partial charge in [0.2, 0.25) is 0 Å². The van der Waals surface area contributed by atoms with Crippen LogP contribution in [0.2, 0.25) is 0 Å². The van der Waals surface area contributed by atoms with Crippen molar-refractivity contribution in [3.63, 3.8) is 0 Å². The van der Waals surface area contributed by atoms with Crippen LogP contribution in [0.3, 0.4) is 0 Å². The molecule has 128 valence electrons. The Balaban J connectivity index is 2.10. The van der Waals surface area contributed by atoms with E-state index in [1.807, 2.05) is 0 Å². The molecular formula is C11H19N6O5P. The number of anilines is 1. The smallest absolute Gasteiger partial charge is 0.318 e. The predicted octanol–water partition coefficient (Wildman–Crippen LogP) is 0.415. The Kier molecular flexibility index (Phi) is 6.84. The number of hydroxylamine groups is 1. The van der Waals surface area contributed by atoms with Gasteiger partial charge in [0.05, 0.1) is 26.1 Å². The molecule has 0 saturated carbocycles. The fourth-order valence-corrected chi connectivity index (χ4v) is 2.30. The molecule has 0 aliphatic carbocycles. The van der Waals surface area contributed by atoms with Crippen molar-refractivity contribution in [2.45, 2.75) is 6.23 Å². The molecule has 0 fully saturated rings. The first kappa shape index (κ1) is 17.7. The third-order valence-electron chi connectivity index (χ3n) is 2.95. The summed E-state index contributed by atoms with van der Waals surface area (Å²) in [5.41, 5.74) is 3.19. The minimum atomic E-state index is -2.48. The number of imidazole rings is 1. The number of ether oxygens (including phenoxy) is 1. The molecule has 0 aromatic carbocycles. The fourth-order valence-electron chi connectivity index (χ4n) is 1.93. The van der Waals surface area contributed by atoms with Crippen molar-refractivity contribution >= 4 is 25.2 Å². The summed E-state index contributed by atoms with van der Waals surface area (Å²) in [5.74, 6) is 0.589. The summed E-state index contributed by atoms with van der Waals surface area (Å²) < 4.78 is 27.8. The largest absolute Gasteiger partial charge is 0.371 e. The number of hydrogen-bond acceptors (Lipinski definition) is 10. The first-order valence-electron chi connectivity index (χ1n) is 6.75. The van der Waals surface area contributed by atoms with E-state index in [0.29, 0.717) is 17.0 Å². The van der Waals surface area contributed by atoms with Gasteiger partial charge in [0.1, 0.15) is 11.8 Å². The molecule has 0 spiro atoms. The van der Waals surface area contributed by atoms with Crippen LogP contribution in [0.15, 0.2) is 12.7 Å². The van der Waals surface area contributed by atoms with Crippen molar-refractivity contribution in [2.75, 3.05) is 39.2 Å². The molecule has 0 aliphatic rings. The van der Waals surface area contributed by atoms with Crippen molar-refractivity contribution in [1.29, 1.82) is 0 Å². The first-order chi connectivity index (χ1) is 11.2. The Morgan fingerprint density at radius 1 is 1.39 bits per heavy atom. The second kappa shape index (κ2) is 8.87. The minimum Gasteiger partial charge on any atom is -0.371 e. The molecule has 2 rings (SSSR count). The van der Waals surface area contributed by atoms with Crippen LogP contribution >= 0.6 is 8.25 Å². The van der Waals surface area contributed by atoms with Crippen molar-refractivity contribution in [1.82, 2.24) is 25.0 Å². The number of aromatic nitrogens is 4. The monoisotopic (exact) mass is 346 g/mol. The van der Waals surface area contributed by atoms with Gasteiger partial charge in [0.25, 0.3) is 0 Å². The molecule has 0 bridgehead atoms. The van der Waals surface area contributed by atoms with E-state index >= 15 is 0 Å². The summed E-state index contributed by atoms with van der Waals surface area (Å²) in [7, 11) is 0.560. The molecule has 1 unspecified atom stereocenters. The highest BCUT2D eigenvalue weighted by Crippen LogP contribution is 2.23. The van der Waals surface area contributed by atoms with E-state index in [4.69, 9.17) is 14.5 Å². The number of fused-ring (bicyclic) bond motifs is 1. The molecule has 0 aliphatic heterocycles. The van der Waals surface area contributed by atoms with Gasteiger partial charge in [-0.05, 0) is 0 Å². The van der Waals surface area contributed by atoms with Gasteiger partial charge >= 0.3 is 8.25 Å². The molecular weight excluding hydrogens is 327 g/mol. The Hall–Kier alpha value is -1.62. The van der Waals surface area contributed by atoms with Crippen molar-refractivity contribution < 1.29 is 23.6 Å². The van der Waals surface area contributed by atoms with E-state index in [-0.39, 0.29) is 19.8 Å². The van der Waals surface area contributed by atoms with Crippen molar-refractivity contribution in [3.8, 4) is 0 Å². The van der Waals surface area contributed by atoms with Gasteiger partial charge in [-0.1, -0.05) is 0 Å². The summed E-state index contributed by atoms with van der Waals surface area (Å²) in [5, 5.41) is 11.9. The summed E-state index contributed by atoms with van der Waals surface area (Å²) in [6, 6.07) is 0. The number of hydrogen-bond donors (Lipinski definition) is 3. The quantitative estimate of drug-likeness (QED) is 0.316. The molecule has 11 nitrogen and oxygen atoms in total. The Labute approximate surface area is 132 Å². The van der Waals surface area contributed by atoms with Gasteiger partial charge in [-0.15, -0.1) is 0 Å². The number of nitrogens with one attached hydrogen (secondary N) is 2. The second-order valence-electron chi connectivity index (χ2n) is 4.29. The average molecular weight is 346 g/mol. The van der Waals surface area contributed by atoms with Crippen LogP contribution in [0.1, 0.15) is 6.23 Å². The maximum absolute atomic E-state index is 11.0. The Morgan fingerprint density at radius 3 is 2.91 bits per heavy atom. The molecule has 3 N–H and O–H groups in total. The van der Waals surface area contributed by atoms with E-state index in [1.54, 1.807) is 17.9 Å². The summed E-state index contributed by atoms with van der Waals surface area (Å²) in [4.78, 5) is 12.5. The molecule has 23 heavy (non-hydrogen) atoms. The van der Waals surface area contributed by atoms with Gasteiger partial charge in [0, 0.05) is 14.2 Å². The number of nitrogens with zero attached hydrogens (tertiary/aromatic N) is 4. The molecule has 2 heterocycles. The highest BCUT2D eigenvalue weighted by atomic mass is 31.1. The Morgan fingerprint density at radius 2 is 2.22 bits per heavy atom.